The molecular weight excluding hydrogens is 264 g/mol. The molecule has 0 bridgehead atoms. The fraction of sp³-hybridized carbons (Fsp3) is 0. The van der Waals surface area contributed by atoms with Crippen LogP contribution in [-0.4, -0.2) is 22.8 Å². The van der Waals surface area contributed by atoms with Crippen LogP contribution in [0.2, 0.25) is 0 Å². The number of nitrogens with one attached hydrogen (secondary N) is 2. The SMILES string of the molecule is N#Cc1cc(N[NH][Sn])ccc1F. The second-order valence-electron chi connectivity index (χ2n) is 2.06. The summed E-state index contributed by atoms with van der Waals surface area (Å²) in [6, 6.07) is 6.03. The number of benzene rings is 1. The van der Waals surface area contributed by atoms with Crippen LogP contribution in [0.4, 0.5) is 10.1 Å². The molecule has 59 valence electrons. The molecule has 3 nitrogen and oxygen atoms in total. The molecule has 0 spiro atoms. The van der Waals surface area contributed by atoms with Crippen LogP contribution in [-0.2, 0) is 0 Å². The molecule has 1 aromatic carbocycles. The average molecular weight is 269 g/mol. The molecule has 0 aliphatic rings. The van der Waals surface area contributed by atoms with Gasteiger partial charge in [-0.25, -0.2) is 0 Å². The van der Waals surface area contributed by atoms with Gasteiger partial charge in [0.2, 0.25) is 0 Å². The first kappa shape index (κ1) is 9.29. The Balaban J connectivity index is 2.99. The molecule has 3 radical (unpaired) electrons. The second kappa shape index (κ2) is 4.28. The van der Waals surface area contributed by atoms with E-state index in [1.165, 1.54) is 12.1 Å². The van der Waals surface area contributed by atoms with Crippen molar-refractivity contribution in [1.29, 1.82) is 5.26 Å². The van der Waals surface area contributed by atoms with Crippen LogP contribution >= 0.6 is 0 Å². The van der Waals surface area contributed by atoms with E-state index in [9.17, 15) is 4.39 Å². The first-order valence-electron chi connectivity index (χ1n) is 3.15. The summed E-state index contributed by atoms with van der Waals surface area (Å²) in [5.41, 5.74) is 3.51. The van der Waals surface area contributed by atoms with E-state index in [0.29, 0.717) is 5.69 Å². The van der Waals surface area contributed by atoms with Crippen molar-refractivity contribution in [1.82, 2.24) is 3.65 Å². The van der Waals surface area contributed by atoms with E-state index in [1.807, 2.05) is 0 Å². The number of hydrogen-bond acceptors (Lipinski definition) is 3. The Morgan fingerprint density at radius 3 is 2.83 bits per heavy atom. The van der Waals surface area contributed by atoms with Gasteiger partial charge >= 0.3 is 82.9 Å². The van der Waals surface area contributed by atoms with Crippen molar-refractivity contribution in [3.05, 3.63) is 29.6 Å². The molecule has 0 saturated carbocycles. The van der Waals surface area contributed by atoms with E-state index in [0.717, 1.165) is 22.8 Å². The summed E-state index contributed by atoms with van der Waals surface area (Å²) in [5.74, 6) is -0.493. The van der Waals surface area contributed by atoms with E-state index >= 15 is 0 Å². The third-order valence-electron chi connectivity index (χ3n) is 1.29. The summed E-state index contributed by atoms with van der Waals surface area (Å²) in [6.07, 6.45) is 0. The maximum absolute atomic E-state index is 12.7. The molecule has 0 aliphatic heterocycles. The predicted molar refractivity (Wildman–Crippen MR) is 43.6 cm³/mol. The van der Waals surface area contributed by atoms with Gasteiger partial charge in [-0.3, -0.25) is 0 Å². The summed E-state index contributed by atoms with van der Waals surface area (Å²) in [6.45, 7) is 0. The van der Waals surface area contributed by atoms with Gasteiger partial charge in [0.05, 0.1) is 0 Å². The molecule has 1 aromatic rings. The Kier molecular flexibility index (Phi) is 3.31. The van der Waals surface area contributed by atoms with Gasteiger partial charge in [-0.15, -0.1) is 0 Å². The first-order chi connectivity index (χ1) is 5.77. The summed E-state index contributed by atoms with van der Waals surface area (Å²) >= 11 is 1.10. The molecule has 0 amide bonds. The summed E-state index contributed by atoms with van der Waals surface area (Å²) < 4.78 is 15.5. The molecule has 0 unspecified atom stereocenters. The third-order valence-corrected chi connectivity index (χ3v) is 1.65. The van der Waals surface area contributed by atoms with Crippen LogP contribution in [0.5, 0.6) is 0 Å². The van der Waals surface area contributed by atoms with Crippen molar-refractivity contribution in [2.45, 2.75) is 0 Å². The number of nitrogens with zero attached hydrogens (tertiary/aromatic N) is 1. The van der Waals surface area contributed by atoms with Gasteiger partial charge in [-0.2, -0.15) is 0 Å². The van der Waals surface area contributed by atoms with Crippen LogP contribution in [0.15, 0.2) is 18.2 Å². The fourth-order valence-electron chi connectivity index (χ4n) is 0.761. The quantitative estimate of drug-likeness (QED) is 0.613. The molecule has 0 heterocycles. The van der Waals surface area contributed by atoms with E-state index < -0.39 is 5.82 Å². The van der Waals surface area contributed by atoms with Gasteiger partial charge < -0.3 is 0 Å². The van der Waals surface area contributed by atoms with E-state index in [-0.39, 0.29) is 5.56 Å². The summed E-state index contributed by atoms with van der Waals surface area (Å²) in [4.78, 5) is 0. The fourth-order valence-corrected chi connectivity index (χ4v) is 1.17. The normalized spacial score (nSPS) is 9.08. The van der Waals surface area contributed by atoms with Crippen molar-refractivity contribution in [3.8, 4) is 6.07 Å². The van der Waals surface area contributed by atoms with E-state index in [4.69, 9.17) is 5.26 Å². The van der Waals surface area contributed by atoms with Gasteiger partial charge in [0, 0.05) is 0 Å². The molecular formula is C7H5FN3Sn. The number of hydrazine groups is 1. The van der Waals surface area contributed by atoms with Crippen LogP contribution in [0, 0.1) is 17.1 Å². The third kappa shape index (κ3) is 2.09. The molecule has 1 rings (SSSR count). The number of nitriles is 1. The van der Waals surface area contributed by atoms with Crippen molar-refractivity contribution >= 4 is 28.5 Å². The topological polar surface area (TPSA) is 47.9 Å². The number of halogens is 1. The Labute approximate surface area is 83.0 Å². The van der Waals surface area contributed by atoms with Crippen LogP contribution in [0.25, 0.3) is 0 Å². The molecule has 5 heteroatoms. The Morgan fingerprint density at radius 1 is 1.50 bits per heavy atom. The number of rotatable bonds is 2. The first-order valence-corrected chi connectivity index (χ1v) is 4.58. The molecule has 2 N–H and O–H groups in total. The average Bonchev–Trinajstić information content (AvgIpc) is 2.09. The van der Waals surface area contributed by atoms with Gasteiger partial charge in [-0.1, -0.05) is 0 Å². The maximum atomic E-state index is 12.7. The molecule has 0 saturated heterocycles. The predicted octanol–water partition coefficient (Wildman–Crippen LogP) is 0.697. The van der Waals surface area contributed by atoms with Crippen molar-refractivity contribution < 1.29 is 4.39 Å². The molecule has 0 aromatic heterocycles. The van der Waals surface area contributed by atoms with Crippen LogP contribution in [0.1, 0.15) is 5.56 Å². The van der Waals surface area contributed by atoms with Crippen molar-refractivity contribution in [3.63, 3.8) is 0 Å². The minimum atomic E-state index is -0.493. The van der Waals surface area contributed by atoms with Crippen LogP contribution in [0.3, 0.4) is 0 Å². The zero-order chi connectivity index (χ0) is 8.97. The number of anilines is 1. The zero-order valence-electron chi connectivity index (χ0n) is 6.06. The molecule has 0 atom stereocenters. The summed E-state index contributed by atoms with van der Waals surface area (Å²) in [7, 11) is 0. The summed E-state index contributed by atoms with van der Waals surface area (Å²) in [5, 5.41) is 8.48. The van der Waals surface area contributed by atoms with Gasteiger partial charge in [0.1, 0.15) is 0 Å². The van der Waals surface area contributed by atoms with Crippen LogP contribution < -0.4 is 9.07 Å². The molecule has 0 fully saturated rings. The standard InChI is InChI=1S/C7H5FN3.Sn/c8-7-2-1-6(11-10)3-5(7)4-9;/h1-3,10-11H;/q-1;+1. The number of hydrogen-bond donors (Lipinski definition) is 2. The van der Waals surface area contributed by atoms with E-state index in [1.54, 1.807) is 12.1 Å². The monoisotopic (exact) mass is 270 g/mol. The molecule has 0 aliphatic carbocycles. The Hall–Kier alpha value is -0.801. The van der Waals surface area contributed by atoms with Crippen molar-refractivity contribution in [2.24, 2.45) is 0 Å². The Morgan fingerprint density at radius 2 is 2.25 bits per heavy atom. The zero-order valence-corrected chi connectivity index (χ0v) is 8.91. The second-order valence-corrected chi connectivity index (χ2v) is 2.77. The van der Waals surface area contributed by atoms with Crippen molar-refractivity contribution in [2.75, 3.05) is 5.43 Å². The molecule has 12 heavy (non-hydrogen) atoms. The van der Waals surface area contributed by atoms with Gasteiger partial charge in [0.15, 0.2) is 0 Å². The minimum absolute atomic E-state index is 0.0473. The van der Waals surface area contributed by atoms with E-state index in [2.05, 4.69) is 9.07 Å². The van der Waals surface area contributed by atoms with Gasteiger partial charge in [-0.05, 0) is 0 Å². The van der Waals surface area contributed by atoms with Gasteiger partial charge in [0.25, 0.3) is 0 Å². The Bertz CT molecular complexity index is 321.